The van der Waals surface area contributed by atoms with Crippen LogP contribution >= 0.6 is 0 Å². The molecule has 0 fully saturated rings. The van der Waals surface area contributed by atoms with Crippen molar-refractivity contribution >= 4 is 0 Å². The molecule has 3 rings (SSSR count). The van der Waals surface area contributed by atoms with E-state index in [0.29, 0.717) is 6.04 Å². The van der Waals surface area contributed by atoms with Gasteiger partial charge in [-0.1, -0.05) is 18.2 Å². The van der Waals surface area contributed by atoms with Crippen LogP contribution in [-0.2, 0) is 19.3 Å². The van der Waals surface area contributed by atoms with Crippen LogP contribution in [0.5, 0.6) is 0 Å². The number of benzene rings is 2. The number of halogens is 1. The Morgan fingerprint density at radius 3 is 2.82 bits per heavy atom. The largest absolute Gasteiger partial charge is 0.311 e. The molecular formula is C19H19FN2. The van der Waals surface area contributed by atoms with Gasteiger partial charge in [0.1, 0.15) is 5.82 Å². The number of hydrogen-bond donors (Lipinski definition) is 1. The lowest BCUT2D eigenvalue weighted by molar-refractivity contribution is 0.453. The van der Waals surface area contributed by atoms with Crippen LogP contribution in [0.25, 0.3) is 0 Å². The van der Waals surface area contributed by atoms with Gasteiger partial charge < -0.3 is 5.32 Å². The molecule has 1 aliphatic rings. The molecule has 0 bridgehead atoms. The molecule has 0 aliphatic heterocycles. The number of nitriles is 1. The lowest BCUT2D eigenvalue weighted by Gasteiger charge is -2.19. The Kier molecular flexibility index (Phi) is 4.22. The lowest BCUT2D eigenvalue weighted by Crippen LogP contribution is -2.38. The van der Waals surface area contributed by atoms with Crippen LogP contribution in [0, 0.1) is 17.1 Å². The summed E-state index contributed by atoms with van der Waals surface area (Å²) in [5, 5.41) is 12.6. The molecule has 0 heterocycles. The summed E-state index contributed by atoms with van der Waals surface area (Å²) in [6, 6.07) is 15.6. The molecular weight excluding hydrogens is 275 g/mol. The molecule has 0 radical (unpaired) electrons. The van der Waals surface area contributed by atoms with Crippen LogP contribution < -0.4 is 5.32 Å². The summed E-state index contributed by atoms with van der Waals surface area (Å²) in [4.78, 5) is 0. The maximum absolute atomic E-state index is 13.2. The van der Waals surface area contributed by atoms with E-state index >= 15 is 0 Å². The quantitative estimate of drug-likeness (QED) is 0.938. The zero-order valence-electron chi connectivity index (χ0n) is 12.6. The van der Waals surface area contributed by atoms with Crippen LogP contribution in [0.3, 0.4) is 0 Å². The molecule has 0 saturated carbocycles. The molecule has 1 aliphatic carbocycles. The molecule has 22 heavy (non-hydrogen) atoms. The lowest BCUT2D eigenvalue weighted by atomic mass is 10.1. The van der Waals surface area contributed by atoms with Gasteiger partial charge in [0.2, 0.25) is 0 Å². The molecule has 2 nitrogen and oxygen atoms in total. The zero-order chi connectivity index (χ0) is 15.5. The maximum atomic E-state index is 13.2. The second kappa shape index (κ2) is 6.29. The Morgan fingerprint density at radius 1 is 1.23 bits per heavy atom. The van der Waals surface area contributed by atoms with Gasteiger partial charge in [-0.05, 0) is 67.1 Å². The highest BCUT2D eigenvalue weighted by atomic mass is 19.1. The number of nitrogens with one attached hydrogen (secondary N) is 1. The van der Waals surface area contributed by atoms with Crippen molar-refractivity contribution in [1.29, 1.82) is 5.26 Å². The molecule has 1 N–H and O–H groups in total. The third-order valence-corrected chi connectivity index (χ3v) is 4.22. The van der Waals surface area contributed by atoms with Gasteiger partial charge in [-0.25, -0.2) is 4.39 Å². The average molecular weight is 294 g/mol. The van der Waals surface area contributed by atoms with Crippen LogP contribution in [-0.4, -0.2) is 12.1 Å². The first kappa shape index (κ1) is 14.7. The van der Waals surface area contributed by atoms with Gasteiger partial charge in [-0.3, -0.25) is 0 Å². The first-order valence-corrected chi connectivity index (χ1v) is 7.66. The minimum absolute atomic E-state index is 0.179. The molecule has 2 atom stereocenters. The van der Waals surface area contributed by atoms with Crippen LogP contribution in [0.4, 0.5) is 4.39 Å². The monoisotopic (exact) mass is 294 g/mol. The first-order valence-electron chi connectivity index (χ1n) is 7.66. The summed E-state index contributed by atoms with van der Waals surface area (Å²) in [6.45, 7) is 2.13. The zero-order valence-corrected chi connectivity index (χ0v) is 12.6. The van der Waals surface area contributed by atoms with E-state index in [1.807, 2.05) is 18.2 Å². The summed E-state index contributed by atoms with van der Waals surface area (Å²) < 4.78 is 13.2. The van der Waals surface area contributed by atoms with Crippen molar-refractivity contribution in [3.63, 3.8) is 0 Å². The minimum Gasteiger partial charge on any atom is -0.311 e. The van der Waals surface area contributed by atoms with Crippen molar-refractivity contribution in [2.45, 2.75) is 38.3 Å². The summed E-state index contributed by atoms with van der Waals surface area (Å²) in [6.07, 6.45) is 2.76. The summed E-state index contributed by atoms with van der Waals surface area (Å²) in [7, 11) is 0. The molecule has 2 unspecified atom stereocenters. The average Bonchev–Trinajstić information content (AvgIpc) is 2.87. The standard InChI is InChI=1S/C19H19FN2/c1-13(7-14-3-2-4-18(20)9-14)22-19-10-16-6-5-15(12-21)8-17(16)11-19/h2-6,8-9,13,19,22H,7,10-11H2,1H3. The van der Waals surface area contributed by atoms with E-state index in [9.17, 15) is 4.39 Å². The number of rotatable bonds is 4. The molecule has 0 aromatic heterocycles. The van der Waals surface area contributed by atoms with E-state index in [0.717, 1.165) is 30.4 Å². The van der Waals surface area contributed by atoms with Gasteiger partial charge in [-0.2, -0.15) is 5.26 Å². The van der Waals surface area contributed by atoms with Crippen molar-refractivity contribution in [3.05, 3.63) is 70.5 Å². The van der Waals surface area contributed by atoms with Gasteiger partial charge in [0.15, 0.2) is 0 Å². The van der Waals surface area contributed by atoms with E-state index in [4.69, 9.17) is 5.26 Å². The smallest absolute Gasteiger partial charge is 0.123 e. The maximum Gasteiger partial charge on any atom is 0.123 e. The second-order valence-electron chi connectivity index (χ2n) is 6.10. The van der Waals surface area contributed by atoms with Crippen molar-refractivity contribution in [2.24, 2.45) is 0 Å². The normalized spacial score (nSPS) is 17.8. The SMILES string of the molecule is CC(Cc1cccc(F)c1)NC1Cc2ccc(C#N)cc2C1. The molecule has 0 spiro atoms. The van der Waals surface area contributed by atoms with Gasteiger partial charge >= 0.3 is 0 Å². The fourth-order valence-corrected chi connectivity index (χ4v) is 3.28. The first-order chi connectivity index (χ1) is 10.6. The molecule has 112 valence electrons. The van der Waals surface area contributed by atoms with Crippen molar-refractivity contribution in [2.75, 3.05) is 0 Å². The fraction of sp³-hybridized carbons (Fsp3) is 0.316. The van der Waals surface area contributed by atoms with Crippen LogP contribution in [0.15, 0.2) is 42.5 Å². The second-order valence-corrected chi connectivity index (χ2v) is 6.10. The Balaban J connectivity index is 1.60. The topological polar surface area (TPSA) is 35.8 Å². The van der Waals surface area contributed by atoms with Crippen molar-refractivity contribution in [3.8, 4) is 6.07 Å². The number of hydrogen-bond acceptors (Lipinski definition) is 2. The summed E-state index contributed by atoms with van der Waals surface area (Å²) in [5.74, 6) is -0.179. The van der Waals surface area contributed by atoms with Gasteiger partial charge in [0.05, 0.1) is 11.6 Å². The minimum atomic E-state index is -0.179. The summed E-state index contributed by atoms with van der Waals surface area (Å²) >= 11 is 0. The van der Waals surface area contributed by atoms with Crippen molar-refractivity contribution in [1.82, 2.24) is 5.32 Å². The summed E-state index contributed by atoms with van der Waals surface area (Å²) in [5.41, 5.74) is 4.35. The predicted octanol–water partition coefficient (Wildman–Crippen LogP) is 3.39. The number of fused-ring (bicyclic) bond motifs is 1. The Hall–Kier alpha value is -2.18. The van der Waals surface area contributed by atoms with E-state index in [-0.39, 0.29) is 11.9 Å². The molecule has 0 amide bonds. The third kappa shape index (κ3) is 3.35. The Labute approximate surface area is 130 Å². The Bertz CT molecular complexity index is 718. The van der Waals surface area contributed by atoms with E-state index in [1.54, 1.807) is 12.1 Å². The molecule has 3 heteroatoms. The van der Waals surface area contributed by atoms with Crippen molar-refractivity contribution < 1.29 is 4.39 Å². The molecule has 0 saturated heterocycles. The molecule has 2 aromatic carbocycles. The van der Waals surface area contributed by atoms with E-state index < -0.39 is 0 Å². The molecule has 2 aromatic rings. The highest BCUT2D eigenvalue weighted by molar-refractivity contribution is 5.41. The Morgan fingerprint density at radius 2 is 2.05 bits per heavy atom. The van der Waals surface area contributed by atoms with Gasteiger partial charge in [0.25, 0.3) is 0 Å². The fourth-order valence-electron chi connectivity index (χ4n) is 3.28. The van der Waals surface area contributed by atoms with Crippen LogP contribution in [0.1, 0.15) is 29.2 Å². The highest BCUT2D eigenvalue weighted by Gasteiger charge is 2.22. The van der Waals surface area contributed by atoms with E-state index in [2.05, 4.69) is 24.4 Å². The van der Waals surface area contributed by atoms with Gasteiger partial charge in [0, 0.05) is 12.1 Å². The highest BCUT2D eigenvalue weighted by Crippen LogP contribution is 2.23. The van der Waals surface area contributed by atoms with Gasteiger partial charge in [-0.15, -0.1) is 0 Å². The predicted molar refractivity (Wildman–Crippen MR) is 85.1 cm³/mol. The number of nitrogens with zero attached hydrogens (tertiary/aromatic N) is 1. The van der Waals surface area contributed by atoms with Crippen LogP contribution in [0.2, 0.25) is 0 Å². The third-order valence-electron chi connectivity index (χ3n) is 4.22. The van der Waals surface area contributed by atoms with E-state index in [1.165, 1.54) is 17.2 Å².